The summed E-state index contributed by atoms with van der Waals surface area (Å²) in [6.45, 7) is 7.24. The Morgan fingerprint density at radius 2 is 2.18 bits per heavy atom. The number of aromatic nitrogens is 1. The highest BCUT2D eigenvalue weighted by molar-refractivity contribution is 7.13. The summed E-state index contributed by atoms with van der Waals surface area (Å²) < 4.78 is 5.65. The molecule has 2 amide bonds. The number of hydrogen-bond acceptors (Lipinski definition) is 4. The lowest BCUT2D eigenvalue weighted by Gasteiger charge is -2.26. The summed E-state index contributed by atoms with van der Waals surface area (Å²) in [4.78, 5) is 18.4. The van der Waals surface area contributed by atoms with Crippen molar-refractivity contribution in [2.45, 2.75) is 20.8 Å². The normalized spacial score (nSPS) is 10.5. The molecule has 2 rings (SSSR count). The van der Waals surface area contributed by atoms with Crippen molar-refractivity contribution in [3.63, 3.8) is 0 Å². The van der Waals surface area contributed by atoms with Crippen molar-refractivity contribution >= 4 is 28.2 Å². The Kier molecular flexibility index (Phi) is 5.77. The Morgan fingerprint density at radius 1 is 1.41 bits per heavy atom. The summed E-state index contributed by atoms with van der Waals surface area (Å²) in [6.07, 6.45) is 1.67. The molecule has 1 heterocycles. The topological polar surface area (TPSA) is 54.5 Å². The predicted octanol–water partition coefficient (Wildman–Crippen LogP) is 4.24. The monoisotopic (exact) mass is 319 g/mol. The van der Waals surface area contributed by atoms with Crippen molar-refractivity contribution < 1.29 is 9.53 Å². The average Bonchev–Trinajstić information content (AvgIpc) is 2.98. The molecule has 1 aromatic heterocycles. The van der Waals surface area contributed by atoms with Crippen LogP contribution in [-0.4, -0.2) is 24.2 Å². The van der Waals surface area contributed by atoms with Gasteiger partial charge in [-0.3, -0.25) is 10.2 Å². The zero-order valence-electron chi connectivity index (χ0n) is 13.1. The van der Waals surface area contributed by atoms with Crippen molar-refractivity contribution in [3.8, 4) is 5.75 Å². The highest BCUT2D eigenvalue weighted by Crippen LogP contribution is 2.29. The van der Waals surface area contributed by atoms with E-state index in [2.05, 4.69) is 24.1 Å². The average molecular weight is 319 g/mol. The van der Waals surface area contributed by atoms with Gasteiger partial charge < -0.3 is 4.74 Å². The van der Waals surface area contributed by atoms with Crippen LogP contribution in [0.3, 0.4) is 0 Å². The Morgan fingerprint density at radius 3 is 2.82 bits per heavy atom. The quantitative estimate of drug-likeness (QED) is 0.866. The third kappa shape index (κ3) is 4.21. The van der Waals surface area contributed by atoms with Crippen LogP contribution in [0, 0.1) is 5.92 Å². The van der Waals surface area contributed by atoms with E-state index in [4.69, 9.17) is 4.74 Å². The number of amides is 2. The number of carbonyl (C=O) groups excluding carboxylic acids is 1. The van der Waals surface area contributed by atoms with Gasteiger partial charge in [0.2, 0.25) is 0 Å². The minimum atomic E-state index is -0.198. The highest BCUT2D eigenvalue weighted by Gasteiger charge is 2.21. The zero-order valence-corrected chi connectivity index (χ0v) is 13.9. The van der Waals surface area contributed by atoms with Crippen molar-refractivity contribution in [1.29, 1.82) is 0 Å². The summed E-state index contributed by atoms with van der Waals surface area (Å²) >= 11 is 1.40. The molecule has 2 aromatic rings. The van der Waals surface area contributed by atoms with E-state index in [1.807, 2.05) is 36.6 Å². The molecule has 0 aliphatic rings. The van der Waals surface area contributed by atoms with Crippen LogP contribution < -0.4 is 15.0 Å². The van der Waals surface area contributed by atoms with Gasteiger partial charge in [-0.15, -0.1) is 11.3 Å². The number of urea groups is 1. The zero-order chi connectivity index (χ0) is 15.9. The van der Waals surface area contributed by atoms with Crippen LogP contribution in [-0.2, 0) is 0 Å². The van der Waals surface area contributed by atoms with Gasteiger partial charge in [0.05, 0.1) is 12.3 Å². The largest absolute Gasteiger partial charge is 0.492 e. The van der Waals surface area contributed by atoms with Gasteiger partial charge in [-0.25, -0.2) is 9.78 Å². The second-order valence-electron chi connectivity index (χ2n) is 5.17. The Bertz CT molecular complexity index is 599. The molecule has 0 saturated carbocycles. The molecule has 0 aliphatic carbocycles. The van der Waals surface area contributed by atoms with Gasteiger partial charge in [0.1, 0.15) is 5.75 Å². The maximum atomic E-state index is 12.6. The number of benzene rings is 1. The highest BCUT2D eigenvalue weighted by atomic mass is 32.1. The van der Waals surface area contributed by atoms with Crippen LogP contribution in [0.5, 0.6) is 5.75 Å². The number of hydrogen-bond donors (Lipinski definition) is 1. The van der Waals surface area contributed by atoms with Gasteiger partial charge >= 0.3 is 6.03 Å². The van der Waals surface area contributed by atoms with Crippen molar-refractivity contribution in [3.05, 3.63) is 35.8 Å². The van der Waals surface area contributed by atoms with Gasteiger partial charge in [0, 0.05) is 18.1 Å². The Hall–Kier alpha value is -2.08. The lowest BCUT2D eigenvalue weighted by Crippen LogP contribution is -2.38. The van der Waals surface area contributed by atoms with Crippen LogP contribution in [0.1, 0.15) is 20.8 Å². The van der Waals surface area contributed by atoms with Crippen molar-refractivity contribution in [2.75, 3.05) is 23.4 Å². The van der Waals surface area contributed by atoms with Gasteiger partial charge in [0.15, 0.2) is 5.13 Å². The van der Waals surface area contributed by atoms with Crippen molar-refractivity contribution in [1.82, 2.24) is 4.98 Å². The van der Waals surface area contributed by atoms with E-state index < -0.39 is 0 Å². The molecule has 6 heteroatoms. The molecule has 0 aliphatic heterocycles. The summed E-state index contributed by atoms with van der Waals surface area (Å²) in [5.74, 6) is 1.04. The fraction of sp³-hybridized carbons (Fsp3) is 0.375. The molecule has 0 saturated heterocycles. The van der Waals surface area contributed by atoms with Crippen molar-refractivity contribution in [2.24, 2.45) is 5.92 Å². The third-order valence-corrected chi connectivity index (χ3v) is 3.58. The van der Waals surface area contributed by atoms with E-state index >= 15 is 0 Å². The fourth-order valence-corrected chi connectivity index (χ4v) is 2.58. The van der Waals surface area contributed by atoms with Gasteiger partial charge in [-0.05, 0) is 25.0 Å². The van der Waals surface area contributed by atoms with Crippen LogP contribution >= 0.6 is 11.3 Å². The summed E-state index contributed by atoms with van der Waals surface area (Å²) in [6, 6.07) is 7.39. The smallest absolute Gasteiger partial charge is 0.328 e. The molecule has 0 bridgehead atoms. The van der Waals surface area contributed by atoms with E-state index in [0.717, 1.165) is 5.69 Å². The van der Waals surface area contributed by atoms with Gasteiger partial charge in [-0.1, -0.05) is 26.0 Å². The standard InChI is InChI=1S/C16H21N3O2S/c1-4-21-14-8-6-5-7-13(14)19(11-12(2)3)16(20)18-15-17-9-10-22-15/h5-10,12H,4,11H2,1-3H3,(H,17,18,20). The van der Waals surface area contributed by atoms with Crippen LogP contribution in [0.2, 0.25) is 0 Å². The molecule has 22 heavy (non-hydrogen) atoms. The van der Waals surface area contributed by atoms with E-state index in [-0.39, 0.29) is 6.03 Å². The van der Waals surface area contributed by atoms with Crippen LogP contribution in [0.25, 0.3) is 0 Å². The van der Waals surface area contributed by atoms with E-state index in [1.165, 1.54) is 11.3 Å². The Balaban J connectivity index is 2.27. The number of carbonyl (C=O) groups is 1. The molecule has 0 fully saturated rings. The predicted molar refractivity (Wildman–Crippen MR) is 90.9 cm³/mol. The number of ether oxygens (including phenoxy) is 1. The number of para-hydroxylation sites is 2. The van der Waals surface area contributed by atoms with Gasteiger partial charge in [0.25, 0.3) is 0 Å². The first-order valence-electron chi connectivity index (χ1n) is 7.31. The van der Waals surface area contributed by atoms with Crippen LogP contribution in [0.4, 0.5) is 15.6 Å². The first-order chi connectivity index (χ1) is 10.6. The maximum Gasteiger partial charge on any atom is 0.328 e. The number of nitrogens with zero attached hydrogens (tertiary/aromatic N) is 2. The lowest BCUT2D eigenvalue weighted by atomic mass is 10.2. The molecule has 118 valence electrons. The fourth-order valence-electron chi connectivity index (χ4n) is 2.06. The molecule has 0 radical (unpaired) electrons. The molecule has 5 nitrogen and oxygen atoms in total. The van der Waals surface area contributed by atoms with Gasteiger partial charge in [-0.2, -0.15) is 0 Å². The van der Waals surface area contributed by atoms with Crippen LogP contribution in [0.15, 0.2) is 35.8 Å². The first kappa shape index (κ1) is 16.3. The van der Waals surface area contributed by atoms with E-state index in [0.29, 0.717) is 30.0 Å². The minimum Gasteiger partial charge on any atom is -0.492 e. The number of rotatable bonds is 6. The lowest BCUT2D eigenvalue weighted by molar-refractivity contribution is 0.255. The number of nitrogens with one attached hydrogen (secondary N) is 1. The second kappa shape index (κ2) is 7.79. The Labute approximate surface area is 134 Å². The SMILES string of the molecule is CCOc1ccccc1N(CC(C)C)C(=O)Nc1nccs1. The summed E-state index contributed by atoms with van der Waals surface area (Å²) in [5.41, 5.74) is 0.770. The number of anilines is 2. The molecule has 1 N–H and O–H groups in total. The molecule has 0 atom stereocenters. The molecule has 1 aromatic carbocycles. The summed E-state index contributed by atoms with van der Waals surface area (Å²) in [5, 5.41) is 5.25. The maximum absolute atomic E-state index is 12.6. The molecule has 0 unspecified atom stereocenters. The third-order valence-electron chi connectivity index (χ3n) is 2.89. The van der Waals surface area contributed by atoms with E-state index in [1.54, 1.807) is 11.1 Å². The number of thiazole rings is 1. The molecule has 0 spiro atoms. The van der Waals surface area contributed by atoms with E-state index in [9.17, 15) is 4.79 Å². The molecular weight excluding hydrogens is 298 g/mol. The summed E-state index contributed by atoms with van der Waals surface area (Å²) in [7, 11) is 0. The molecular formula is C16H21N3O2S. The second-order valence-corrected chi connectivity index (χ2v) is 6.07. The first-order valence-corrected chi connectivity index (χ1v) is 8.19. The minimum absolute atomic E-state index is 0.198.